The highest BCUT2D eigenvalue weighted by atomic mass is 15.3. The molecule has 1 heterocycles. The van der Waals surface area contributed by atoms with Crippen LogP contribution in [0.3, 0.4) is 0 Å². The van der Waals surface area contributed by atoms with Gasteiger partial charge in [0.05, 0.1) is 0 Å². The topological polar surface area (TPSA) is 36.6 Å². The summed E-state index contributed by atoms with van der Waals surface area (Å²) in [5.74, 6) is 0.849. The summed E-state index contributed by atoms with van der Waals surface area (Å²) in [6.45, 7) is 0. The van der Waals surface area contributed by atoms with Crippen molar-refractivity contribution in [1.29, 1.82) is 0 Å². The van der Waals surface area contributed by atoms with E-state index in [-0.39, 0.29) is 0 Å². The molecule has 0 N–H and O–H groups in total. The van der Waals surface area contributed by atoms with Crippen LogP contribution in [-0.2, 0) is 0 Å². The van der Waals surface area contributed by atoms with E-state index in [1.165, 1.54) is 5.69 Å². The Hall–Kier alpha value is -2.46. The molecule has 0 fully saturated rings. The van der Waals surface area contributed by atoms with Crippen LogP contribution in [0, 0.1) is 0 Å². The van der Waals surface area contributed by atoms with Gasteiger partial charge in [-0.05, 0) is 24.3 Å². The van der Waals surface area contributed by atoms with Gasteiger partial charge in [0.15, 0.2) is 11.5 Å². The number of anilines is 1. The molecule has 0 unspecified atom stereocenters. The van der Waals surface area contributed by atoms with E-state index in [9.17, 15) is 0 Å². The first kappa shape index (κ1) is 12.6. The molecule has 1 aromatic heterocycles. The molecule has 3 rings (SSSR count). The molecule has 0 aliphatic carbocycles. The fourth-order valence-corrected chi connectivity index (χ4v) is 2.12. The van der Waals surface area contributed by atoms with Gasteiger partial charge in [-0.1, -0.05) is 18.2 Å². The fraction of sp³-hybridized carbons (Fsp3) is 0.125. The fourth-order valence-electron chi connectivity index (χ4n) is 2.12. The summed E-state index contributed by atoms with van der Waals surface area (Å²) in [4.78, 5) is 2.08. The standard InChI is InChI=1S/C16H16N4/c1-19(2)14-10-8-13(9-11-14)16-18-17-12-20(16)15-6-4-3-5-7-15/h3-12H,1-2H3/q+1. The SMILES string of the molecule is C[N+](C)c1ccc(-c2nncn2-c2ccccc2)cc1. The average Bonchev–Trinajstić information content (AvgIpc) is 2.97. The second kappa shape index (κ2) is 5.27. The van der Waals surface area contributed by atoms with Crippen molar-refractivity contribution in [3.05, 3.63) is 60.9 Å². The predicted octanol–water partition coefficient (Wildman–Crippen LogP) is 2.97. The lowest BCUT2D eigenvalue weighted by molar-refractivity contribution is 0.762. The molecule has 0 spiro atoms. The van der Waals surface area contributed by atoms with Gasteiger partial charge in [0.25, 0.3) is 0 Å². The third-order valence-electron chi connectivity index (χ3n) is 3.22. The summed E-state index contributed by atoms with van der Waals surface area (Å²) in [6, 6.07) is 18.4. The Morgan fingerprint density at radius 1 is 0.900 bits per heavy atom. The second-order valence-electron chi connectivity index (χ2n) is 4.80. The Bertz CT molecular complexity index is 684. The number of hydrogen-bond acceptors (Lipinski definition) is 3. The number of hydrogen-bond donors (Lipinski definition) is 0. The third kappa shape index (κ3) is 2.33. The lowest BCUT2D eigenvalue weighted by Gasteiger charge is -2.06. The predicted molar refractivity (Wildman–Crippen MR) is 80.4 cm³/mol. The second-order valence-corrected chi connectivity index (χ2v) is 4.80. The Morgan fingerprint density at radius 3 is 2.25 bits per heavy atom. The Balaban J connectivity index is 2.01. The van der Waals surface area contributed by atoms with Crippen LogP contribution >= 0.6 is 0 Å². The van der Waals surface area contributed by atoms with E-state index in [1.54, 1.807) is 6.33 Å². The Morgan fingerprint density at radius 2 is 1.60 bits per heavy atom. The van der Waals surface area contributed by atoms with Crippen LogP contribution in [0.15, 0.2) is 60.9 Å². The first-order valence-corrected chi connectivity index (χ1v) is 6.49. The maximum absolute atomic E-state index is 4.24. The monoisotopic (exact) mass is 264 g/mol. The number of nitrogens with zero attached hydrogens (tertiary/aromatic N) is 4. The average molecular weight is 264 g/mol. The van der Waals surface area contributed by atoms with Crippen molar-refractivity contribution < 1.29 is 0 Å². The largest absolute Gasteiger partial charge is 0.282 e. The normalized spacial score (nSPS) is 10.9. The summed E-state index contributed by atoms with van der Waals surface area (Å²) >= 11 is 0. The van der Waals surface area contributed by atoms with E-state index < -0.39 is 0 Å². The van der Waals surface area contributed by atoms with Crippen LogP contribution in [0.2, 0.25) is 0 Å². The molecule has 99 valence electrons. The lowest BCUT2D eigenvalue weighted by atomic mass is 10.2. The molecular formula is C16H16N4+. The zero-order chi connectivity index (χ0) is 13.9. The molecule has 4 nitrogen and oxygen atoms in total. The number of benzene rings is 2. The molecule has 0 atom stereocenters. The summed E-state index contributed by atoms with van der Waals surface area (Å²) in [5.41, 5.74) is 3.28. The van der Waals surface area contributed by atoms with Crippen molar-refractivity contribution in [1.82, 2.24) is 19.7 Å². The first-order chi connectivity index (χ1) is 9.75. The number of aromatic nitrogens is 3. The first-order valence-electron chi connectivity index (χ1n) is 6.49. The summed E-state index contributed by atoms with van der Waals surface area (Å²) in [5, 5.41) is 8.27. The van der Waals surface area contributed by atoms with E-state index in [2.05, 4.69) is 39.4 Å². The van der Waals surface area contributed by atoms with Gasteiger partial charge in [0.1, 0.15) is 20.4 Å². The summed E-state index contributed by atoms with van der Waals surface area (Å²) in [6.07, 6.45) is 1.74. The molecular weight excluding hydrogens is 248 g/mol. The maximum atomic E-state index is 4.24. The highest BCUT2D eigenvalue weighted by molar-refractivity contribution is 5.60. The molecule has 0 aliphatic rings. The highest BCUT2D eigenvalue weighted by Gasteiger charge is 2.11. The van der Waals surface area contributed by atoms with Gasteiger partial charge in [-0.25, -0.2) is 0 Å². The van der Waals surface area contributed by atoms with Crippen molar-refractivity contribution >= 4 is 5.69 Å². The Labute approximate surface area is 118 Å². The van der Waals surface area contributed by atoms with Gasteiger partial charge >= 0.3 is 0 Å². The number of para-hydroxylation sites is 1. The third-order valence-corrected chi connectivity index (χ3v) is 3.22. The van der Waals surface area contributed by atoms with Crippen LogP contribution in [0.25, 0.3) is 17.1 Å². The zero-order valence-electron chi connectivity index (χ0n) is 11.6. The van der Waals surface area contributed by atoms with Gasteiger partial charge in [-0.3, -0.25) is 4.57 Å². The molecule has 1 radical (unpaired) electrons. The van der Waals surface area contributed by atoms with Gasteiger partial charge in [0.2, 0.25) is 0 Å². The highest BCUT2D eigenvalue weighted by Crippen LogP contribution is 2.22. The minimum Gasteiger partial charge on any atom is -0.282 e. The van der Waals surface area contributed by atoms with Gasteiger partial charge in [0, 0.05) is 23.4 Å². The lowest BCUT2D eigenvalue weighted by Crippen LogP contribution is -2.09. The molecule has 0 saturated carbocycles. The van der Waals surface area contributed by atoms with Crippen LogP contribution in [0.5, 0.6) is 0 Å². The molecule has 3 aromatic rings. The quantitative estimate of drug-likeness (QED) is 0.682. The summed E-state index contributed by atoms with van der Waals surface area (Å²) in [7, 11) is 4.06. The van der Waals surface area contributed by atoms with Crippen LogP contribution < -0.4 is 4.90 Å². The van der Waals surface area contributed by atoms with Crippen molar-refractivity contribution in [3.63, 3.8) is 0 Å². The van der Waals surface area contributed by atoms with Crippen LogP contribution in [0.1, 0.15) is 0 Å². The minimum absolute atomic E-state index is 0.849. The van der Waals surface area contributed by atoms with Crippen LogP contribution in [-0.4, -0.2) is 28.9 Å². The summed E-state index contributed by atoms with van der Waals surface area (Å²) < 4.78 is 1.99. The minimum atomic E-state index is 0.849. The van der Waals surface area contributed by atoms with E-state index in [0.717, 1.165) is 17.1 Å². The molecule has 0 amide bonds. The molecule has 4 heteroatoms. The van der Waals surface area contributed by atoms with Gasteiger partial charge in [-0.2, -0.15) is 0 Å². The molecule has 2 aromatic carbocycles. The van der Waals surface area contributed by atoms with Crippen LogP contribution in [0.4, 0.5) is 5.69 Å². The molecule has 20 heavy (non-hydrogen) atoms. The van der Waals surface area contributed by atoms with Crippen molar-refractivity contribution in [2.75, 3.05) is 14.1 Å². The van der Waals surface area contributed by atoms with Crippen molar-refractivity contribution in [2.45, 2.75) is 0 Å². The maximum Gasteiger partial charge on any atom is 0.180 e. The zero-order valence-corrected chi connectivity index (χ0v) is 11.6. The van der Waals surface area contributed by atoms with E-state index in [1.807, 2.05) is 49.0 Å². The molecule has 0 aliphatic heterocycles. The smallest absolute Gasteiger partial charge is 0.180 e. The molecule has 0 saturated heterocycles. The van der Waals surface area contributed by atoms with Gasteiger partial charge in [-0.15, -0.1) is 15.1 Å². The number of rotatable bonds is 3. The van der Waals surface area contributed by atoms with Crippen molar-refractivity contribution in [2.24, 2.45) is 0 Å². The van der Waals surface area contributed by atoms with Gasteiger partial charge < -0.3 is 0 Å². The Kier molecular flexibility index (Phi) is 3.31. The van der Waals surface area contributed by atoms with E-state index in [4.69, 9.17) is 0 Å². The van der Waals surface area contributed by atoms with Crippen molar-refractivity contribution in [3.8, 4) is 17.1 Å². The van der Waals surface area contributed by atoms with E-state index in [0.29, 0.717) is 0 Å². The van der Waals surface area contributed by atoms with E-state index >= 15 is 0 Å². The molecule has 0 bridgehead atoms.